The molecule has 0 amide bonds. The van der Waals surface area contributed by atoms with Crippen LogP contribution in [0.2, 0.25) is 0 Å². The Morgan fingerprint density at radius 2 is 1.00 bits per heavy atom. The van der Waals surface area contributed by atoms with Gasteiger partial charge in [-0.05, 0) is 35.4 Å². The Balaban J connectivity index is 2.00. The van der Waals surface area contributed by atoms with Crippen LogP contribution in [-0.2, 0) is 19.1 Å². The highest BCUT2D eigenvalue weighted by atomic mass is 16.5. The molecule has 6 nitrogen and oxygen atoms in total. The molecular formula is C22H22O6. The third kappa shape index (κ3) is 5.90. The molecule has 0 spiro atoms. The van der Waals surface area contributed by atoms with Gasteiger partial charge in [0.15, 0.2) is 0 Å². The Kier molecular flexibility index (Phi) is 7.68. The molecule has 0 aliphatic rings. The minimum Gasteiger partial charge on any atom is -0.423 e. The summed E-state index contributed by atoms with van der Waals surface area (Å²) < 4.78 is 20.2. The number of benzene rings is 2. The molecule has 0 aliphatic heterocycles. The minimum absolute atomic E-state index is 0.118. The highest BCUT2D eigenvalue weighted by molar-refractivity contribution is 5.90. The van der Waals surface area contributed by atoms with Crippen molar-refractivity contribution < 1.29 is 28.5 Å². The van der Waals surface area contributed by atoms with Crippen molar-refractivity contribution in [1.82, 2.24) is 0 Å². The van der Waals surface area contributed by atoms with Crippen molar-refractivity contribution in [2.45, 2.75) is 0 Å². The van der Waals surface area contributed by atoms with Gasteiger partial charge in [-0.3, -0.25) is 0 Å². The van der Waals surface area contributed by atoms with Gasteiger partial charge >= 0.3 is 11.9 Å². The molecule has 0 bridgehead atoms. The van der Waals surface area contributed by atoms with Crippen LogP contribution in [0.4, 0.5) is 0 Å². The lowest BCUT2D eigenvalue weighted by Crippen LogP contribution is -2.13. The molecule has 0 N–H and O–H groups in total. The van der Waals surface area contributed by atoms with E-state index in [0.717, 1.165) is 11.1 Å². The van der Waals surface area contributed by atoms with Crippen LogP contribution in [0.1, 0.15) is 0 Å². The van der Waals surface area contributed by atoms with Crippen LogP contribution in [0.5, 0.6) is 11.5 Å². The minimum atomic E-state index is -0.532. The Hall–Kier alpha value is -3.22. The summed E-state index contributed by atoms with van der Waals surface area (Å²) in [6, 6.07) is 14.1. The summed E-state index contributed by atoms with van der Waals surface area (Å²) in [7, 11) is 2.96. The smallest absolute Gasteiger partial charge is 0.341 e. The molecule has 2 rings (SSSR count). The zero-order valence-electron chi connectivity index (χ0n) is 15.9. The average Bonchev–Trinajstić information content (AvgIpc) is 2.69. The van der Waals surface area contributed by atoms with Crippen molar-refractivity contribution in [2.75, 3.05) is 27.4 Å². The topological polar surface area (TPSA) is 71.1 Å². The lowest BCUT2D eigenvalue weighted by atomic mass is 10.1. The zero-order chi connectivity index (χ0) is 20.5. The van der Waals surface area contributed by atoms with E-state index in [9.17, 15) is 9.59 Å². The van der Waals surface area contributed by atoms with Gasteiger partial charge in [-0.15, -0.1) is 0 Å². The van der Waals surface area contributed by atoms with Gasteiger partial charge in [0.25, 0.3) is 0 Å². The molecule has 0 aliphatic carbocycles. The predicted octanol–water partition coefficient (Wildman–Crippen LogP) is 3.57. The maximum absolute atomic E-state index is 11.8. The summed E-state index contributed by atoms with van der Waals surface area (Å²) in [6.07, 6.45) is 0. The fourth-order valence-electron chi connectivity index (χ4n) is 2.26. The maximum Gasteiger partial charge on any atom is 0.341 e. The van der Waals surface area contributed by atoms with Crippen molar-refractivity contribution in [3.63, 3.8) is 0 Å². The SMILES string of the molecule is C=C(COC)C(=O)Oc1ccc(-c2ccc(OC(=O)C(=C)COC)cc2)cc1. The molecule has 146 valence electrons. The first kappa shape index (κ1) is 21.1. The standard InChI is InChI=1S/C22H22O6/c1-15(13-25-3)21(23)27-19-9-5-17(6-10-19)18-7-11-20(12-8-18)28-22(24)16(2)14-26-4/h5-12H,1-2,13-14H2,3-4H3. The second kappa shape index (κ2) is 10.2. The maximum atomic E-state index is 11.8. The van der Waals surface area contributed by atoms with Crippen molar-refractivity contribution in [2.24, 2.45) is 0 Å². The Bertz CT molecular complexity index is 776. The monoisotopic (exact) mass is 382 g/mol. The number of esters is 2. The first-order chi connectivity index (χ1) is 13.4. The number of carbonyl (C=O) groups is 2. The molecule has 0 aromatic heterocycles. The molecule has 0 heterocycles. The summed E-state index contributed by atoms with van der Waals surface area (Å²) in [5.74, 6) is -0.243. The molecule has 0 fully saturated rings. The number of rotatable bonds is 9. The van der Waals surface area contributed by atoms with Crippen LogP contribution in [0.3, 0.4) is 0 Å². The van der Waals surface area contributed by atoms with Gasteiger partial charge in [0.2, 0.25) is 0 Å². The summed E-state index contributed by atoms with van der Waals surface area (Å²) >= 11 is 0. The molecule has 0 atom stereocenters. The largest absolute Gasteiger partial charge is 0.423 e. The van der Waals surface area contributed by atoms with Crippen LogP contribution in [0.25, 0.3) is 11.1 Å². The second-order valence-corrected chi connectivity index (χ2v) is 5.90. The summed E-state index contributed by atoms with van der Waals surface area (Å²) in [4.78, 5) is 23.6. The van der Waals surface area contributed by atoms with Crippen LogP contribution in [0, 0.1) is 0 Å². The molecule has 0 unspecified atom stereocenters. The highest BCUT2D eigenvalue weighted by Gasteiger charge is 2.11. The lowest BCUT2D eigenvalue weighted by molar-refractivity contribution is -0.131. The van der Waals surface area contributed by atoms with E-state index in [1.807, 2.05) is 24.3 Å². The van der Waals surface area contributed by atoms with E-state index < -0.39 is 11.9 Å². The second-order valence-electron chi connectivity index (χ2n) is 5.90. The third-order valence-corrected chi connectivity index (χ3v) is 3.68. The fraction of sp³-hybridized carbons (Fsp3) is 0.182. The van der Waals surface area contributed by atoms with E-state index >= 15 is 0 Å². The van der Waals surface area contributed by atoms with Crippen molar-refractivity contribution >= 4 is 11.9 Å². The van der Waals surface area contributed by atoms with Crippen molar-refractivity contribution in [3.8, 4) is 22.6 Å². The Morgan fingerprint density at radius 1 is 0.679 bits per heavy atom. The Labute approximate surface area is 164 Å². The summed E-state index contributed by atoms with van der Waals surface area (Å²) in [5.41, 5.74) is 2.31. The average molecular weight is 382 g/mol. The van der Waals surface area contributed by atoms with Crippen molar-refractivity contribution in [3.05, 3.63) is 72.8 Å². The van der Waals surface area contributed by atoms with E-state index in [1.165, 1.54) is 14.2 Å². The molecular weight excluding hydrogens is 360 g/mol. The predicted molar refractivity (Wildman–Crippen MR) is 105 cm³/mol. The van der Waals surface area contributed by atoms with Gasteiger partial charge in [0.1, 0.15) is 11.5 Å². The van der Waals surface area contributed by atoms with Gasteiger partial charge in [0.05, 0.1) is 24.4 Å². The highest BCUT2D eigenvalue weighted by Crippen LogP contribution is 2.25. The summed E-state index contributed by atoms with van der Waals surface area (Å²) in [6.45, 7) is 7.45. The van der Waals surface area contributed by atoms with E-state index in [-0.39, 0.29) is 24.4 Å². The summed E-state index contributed by atoms with van der Waals surface area (Å²) in [5, 5.41) is 0. The number of hydrogen-bond acceptors (Lipinski definition) is 6. The van der Waals surface area contributed by atoms with E-state index in [0.29, 0.717) is 11.5 Å². The fourth-order valence-corrected chi connectivity index (χ4v) is 2.26. The van der Waals surface area contributed by atoms with Gasteiger partial charge in [-0.25, -0.2) is 9.59 Å². The third-order valence-electron chi connectivity index (χ3n) is 3.68. The molecule has 0 saturated heterocycles. The number of carbonyl (C=O) groups excluding carboxylic acids is 2. The van der Waals surface area contributed by atoms with Crippen LogP contribution in [0.15, 0.2) is 72.8 Å². The van der Waals surface area contributed by atoms with E-state index in [2.05, 4.69) is 13.2 Å². The van der Waals surface area contributed by atoms with E-state index in [1.54, 1.807) is 24.3 Å². The quantitative estimate of drug-likeness (QED) is 0.375. The molecule has 2 aromatic carbocycles. The van der Waals surface area contributed by atoms with Crippen LogP contribution >= 0.6 is 0 Å². The molecule has 0 radical (unpaired) electrons. The van der Waals surface area contributed by atoms with Crippen LogP contribution < -0.4 is 9.47 Å². The van der Waals surface area contributed by atoms with Crippen molar-refractivity contribution in [1.29, 1.82) is 0 Å². The molecule has 2 aromatic rings. The normalized spacial score (nSPS) is 10.2. The van der Waals surface area contributed by atoms with Gasteiger partial charge < -0.3 is 18.9 Å². The van der Waals surface area contributed by atoms with Gasteiger partial charge in [-0.1, -0.05) is 37.4 Å². The Morgan fingerprint density at radius 3 is 1.29 bits per heavy atom. The van der Waals surface area contributed by atoms with Gasteiger partial charge in [-0.2, -0.15) is 0 Å². The van der Waals surface area contributed by atoms with Gasteiger partial charge in [0, 0.05) is 14.2 Å². The van der Waals surface area contributed by atoms with E-state index in [4.69, 9.17) is 18.9 Å². The number of methoxy groups -OCH3 is 2. The number of hydrogen-bond donors (Lipinski definition) is 0. The molecule has 6 heteroatoms. The zero-order valence-corrected chi connectivity index (χ0v) is 15.9. The first-order valence-electron chi connectivity index (χ1n) is 8.43. The number of ether oxygens (including phenoxy) is 4. The first-order valence-corrected chi connectivity index (χ1v) is 8.43. The van der Waals surface area contributed by atoms with Crippen LogP contribution in [-0.4, -0.2) is 39.4 Å². The molecule has 0 saturated carbocycles. The lowest BCUT2D eigenvalue weighted by Gasteiger charge is -2.09. The molecule has 28 heavy (non-hydrogen) atoms.